The topological polar surface area (TPSA) is 74.2 Å². The van der Waals surface area contributed by atoms with E-state index in [2.05, 4.69) is 188 Å². The van der Waals surface area contributed by atoms with Crippen LogP contribution >= 0.6 is 0 Å². The van der Waals surface area contributed by atoms with Gasteiger partial charge in [0.1, 0.15) is 0 Å². The molecule has 1 fully saturated rings. The summed E-state index contributed by atoms with van der Waals surface area (Å²) < 4.78 is 7.33. The number of fused-ring (bicyclic) bond motifs is 6. The summed E-state index contributed by atoms with van der Waals surface area (Å²) in [5.41, 5.74) is 12.0. The van der Waals surface area contributed by atoms with Crippen LogP contribution in [-0.4, -0.2) is 60.0 Å². The molecule has 0 amide bonds. The van der Waals surface area contributed by atoms with Gasteiger partial charge in [0, 0.05) is 41.5 Å². The number of hydrogen-bond donors (Lipinski definition) is 0. The van der Waals surface area contributed by atoms with Crippen LogP contribution in [0.15, 0.2) is 213 Å². The van der Waals surface area contributed by atoms with Gasteiger partial charge in [-0.15, -0.1) is 0 Å². The lowest BCUT2D eigenvalue weighted by atomic mass is 9.38. The van der Waals surface area contributed by atoms with Gasteiger partial charge in [-0.1, -0.05) is 115 Å². The quantitative estimate of drug-likeness (QED) is 0.149. The second-order valence-corrected chi connectivity index (χ2v) is 15.1. The Labute approximate surface area is 350 Å². The minimum absolute atomic E-state index is 0.104. The molecule has 0 atom stereocenters. The highest BCUT2D eigenvalue weighted by Crippen LogP contribution is 2.39. The zero-order valence-corrected chi connectivity index (χ0v) is 32.5. The summed E-state index contributed by atoms with van der Waals surface area (Å²) in [5, 5.41) is 0. The second kappa shape index (κ2) is 15.2. The van der Waals surface area contributed by atoms with Crippen LogP contribution in [0.4, 0.5) is 0 Å². The van der Waals surface area contributed by atoms with Gasteiger partial charge in [-0.05, 0) is 118 Å². The molecule has 0 bridgehead atoms. The van der Waals surface area contributed by atoms with Gasteiger partial charge >= 0.3 is 20.9 Å². The van der Waals surface area contributed by atoms with E-state index in [0.29, 0.717) is 17.5 Å². The molecular formula is C49H35B3N8. The number of hydrogen-bond acceptors (Lipinski definition) is 8. The van der Waals surface area contributed by atoms with Gasteiger partial charge in [0.25, 0.3) is 0 Å². The van der Waals surface area contributed by atoms with Crippen molar-refractivity contribution >= 4 is 37.6 Å². The lowest BCUT2D eigenvalue weighted by Crippen LogP contribution is -2.74. The molecule has 4 aromatic carbocycles. The molecule has 3 aromatic heterocycles. The lowest BCUT2D eigenvalue weighted by molar-refractivity contribution is 0.625. The van der Waals surface area contributed by atoms with Gasteiger partial charge in [-0.25, -0.2) is 15.0 Å². The third-order valence-electron chi connectivity index (χ3n) is 11.4. The van der Waals surface area contributed by atoms with E-state index in [1.807, 2.05) is 24.3 Å². The largest absolute Gasteiger partial charge is 0.423 e. The Bertz CT molecular complexity index is 2860. The van der Waals surface area contributed by atoms with E-state index in [0.717, 1.165) is 16.7 Å². The maximum absolute atomic E-state index is 5.06. The summed E-state index contributed by atoms with van der Waals surface area (Å²) in [6, 6.07) is 46.6. The molecule has 7 aromatic rings. The molecule has 0 unspecified atom stereocenters. The van der Waals surface area contributed by atoms with E-state index in [9.17, 15) is 0 Å². The normalized spacial score (nSPS) is 15.2. The number of rotatable bonds is 7. The molecule has 0 aliphatic carbocycles. The molecule has 7 heterocycles. The van der Waals surface area contributed by atoms with Crippen molar-refractivity contribution in [3.63, 3.8) is 0 Å². The van der Waals surface area contributed by atoms with Gasteiger partial charge in [0.15, 0.2) is 17.5 Å². The fraction of sp³-hybridized carbons (Fsp3) is 0. The van der Waals surface area contributed by atoms with Crippen LogP contribution in [0.3, 0.4) is 0 Å². The summed E-state index contributed by atoms with van der Waals surface area (Å²) in [4.78, 5) is 23.7. The molecule has 4 aliphatic heterocycles. The summed E-state index contributed by atoms with van der Waals surface area (Å²) in [6.45, 7) is -0.391. The van der Waals surface area contributed by atoms with Crippen LogP contribution < -0.4 is 0 Å². The maximum Gasteiger partial charge on any atom is 0.388 e. The Morgan fingerprint density at radius 3 is 1.53 bits per heavy atom. The van der Waals surface area contributed by atoms with Gasteiger partial charge in [0.05, 0.1) is 0 Å². The predicted octanol–water partition coefficient (Wildman–Crippen LogP) is 9.46. The fourth-order valence-corrected chi connectivity index (χ4v) is 8.54. The molecule has 11 rings (SSSR count). The smallest absolute Gasteiger partial charge is 0.388 e. The molecule has 11 heteroatoms. The highest BCUT2D eigenvalue weighted by Gasteiger charge is 2.53. The third kappa shape index (κ3) is 6.56. The molecule has 0 saturated carbocycles. The number of pyridine rings is 2. The van der Waals surface area contributed by atoms with Crippen molar-refractivity contribution in [3.8, 4) is 45.0 Å². The van der Waals surface area contributed by atoms with E-state index in [-0.39, 0.29) is 20.9 Å². The number of allylic oxidation sites excluding steroid dienone is 6. The standard InChI is InChI=1S/C49H35B3N8/c1-3-12-36(13-4-1)38-16-7-18-40(30-38)42-23-29-60-50(32-42)58-28-24-43(47-55-48(44-20-9-25-53-34-44)57-49(56-47)45-21-10-26-54-35-45)33-51(58)59-27-11-22-46(52(59)60)41-19-8-17-39(31-41)37-14-5-2-6-15-37/h1-35H. The van der Waals surface area contributed by atoms with Crippen LogP contribution in [0.2, 0.25) is 0 Å². The minimum atomic E-state index is -0.173. The van der Waals surface area contributed by atoms with Gasteiger partial charge in [-0.3, -0.25) is 9.97 Å². The minimum Gasteiger partial charge on any atom is -0.423 e. The van der Waals surface area contributed by atoms with Gasteiger partial charge in [0.2, 0.25) is 0 Å². The Balaban J connectivity index is 1.03. The average Bonchev–Trinajstić information content (AvgIpc) is 3.34. The molecular weight excluding hydrogens is 733 g/mol. The van der Waals surface area contributed by atoms with Crippen molar-refractivity contribution in [2.45, 2.75) is 0 Å². The number of nitrogens with zero attached hydrogens (tertiary/aromatic N) is 8. The van der Waals surface area contributed by atoms with Crippen molar-refractivity contribution in [1.82, 2.24) is 39.1 Å². The molecule has 8 nitrogen and oxygen atoms in total. The van der Waals surface area contributed by atoms with Crippen LogP contribution in [0, 0.1) is 0 Å². The van der Waals surface area contributed by atoms with E-state index < -0.39 is 0 Å². The molecule has 0 N–H and O–H groups in total. The third-order valence-corrected chi connectivity index (χ3v) is 11.4. The monoisotopic (exact) mass is 768 g/mol. The Hall–Kier alpha value is -7.78. The van der Waals surface area contributed by atoms with Gasteiger partial charge < -0.3 is 14.2 Å². The Morgan fingerprint density at radius 1 is 0.400 bits per heavy atom. The fourth-order valence-electron chi connectivity index (χ4n) is 8.54. The first kappa shape index (κ1) is 35.4. The highest BCUT2D eigenvalue weighted by molar-refractivity contribution is 6.97. The lowest BCUT2D eigenvalue weighted by Gasteiger charge is -2.55. The molecule has 1 saturated heterocycles. The highest BCUT2D eigenvalue weighted by atomic mass is 15.3. The summed E-state index contributed by atoms with van der Waals surface area (Å²) in [5.74, 6) is 6.39. The zero-order valence-electron chi connectivity index (χ0n) is 32.5. The first-order chi connectivity index (χ1) is 29.7. The van der Waals surface area contributed by atoms with Gasteiger partial charge in [-0.2, -0.15) is 0 Å². The maximum atomic E-state index is 5.06. The predicted molar refractivity (Wildman–Crippen MR) is 244 cm³/mol. The SMILES string of the molecule is C1=CN2B3C=C(c4nc(-c5cccnc5)nc(-c5cccnc5)n4)C=CN3B3C=C(c4cccc(-c5ccccc5)c4)C=CN3B2C(c2cccc(-c3ccccc3)c2)=C1. The summed E-state index contributed by atoms with van der Waals surface area (Å²) >= 11 is 0. The Morgan fingerprint density at radius 2 is 0.900 bits per heavy atom. The second-order valence-electron chi connectivity index (χ2n) is 15.1. The van der Waals surface area contributed by atoms with Crippen LogP contribution in [0.25, 0.3) is 61.6 Å². The van der Waals surface area contributed by atoms with E-state index in [4.69, 9.17) is 15.0 Å². The molecule has 280 valence electrons. The van der Waals surface area contributed by atoms with Crippen LogP contribution in [-0.2, 0) is 0 Å². The first-order valence-electron chi connectivity index (χ1n) is 20.1. The van der Waals surface area contributed by atoms with E-state index in [1.54, 1.807) is 24.8 Å². The van der Waals surface area contributed by atoms with Crippen LogP contribution in [0.5, 0.6) is 0 Å². The first-order valence-corrected chi connectivity index (χ1v) is 20.1. The van der Waals surface area contributed by atoms with E-state index >= 15 is 0 Å². The van der Waals surface area contributed by atoms with Crippen molar-refractivity contribution in [2.24, 2.45) is 0 Å². The zero-order chi connectivity index (χ0) is 39.8. The molecule has 0 radical (unpaired) electrons. The van der Waals surface area contributed by atoms with Crippen LogP contribution in [0.1, 0.15) is 17.0 Å². The van der Waals surface area contributed by atoms with Crippen molar-refractivity contribution < 1.29 is 0 Å². The molecule has 0 spiro atoms. The van der Waals surface area contributed by atoms with Crippen molar-refractivity contribution in [1.29, 1.82) is 0 Å². The Kier molecular flexibility index (Phi) is 8.96. The van der Waals surface area contributed by atoms with Crippen molar-refractivity contribution in [3.05, 3.63) is 230 Å². The van der Waals surface area contributed by atoms with Crippen molar-refractivity contribution in [2.75, 3.05) is 0 Å². The summed E-state index contributed by atoms with van der Waals surface area (Å²) in [7, 11) is 0. The molecule has 4 aliphatic rings. The number of benzene rings is 4. The van der Waals surface area contributed by atoms with E-state index in [1.165, 1.54) is 44.4 Å². The average molecular weight is 768 g/mol. The molecule has 60 heavy (non-hydrogen) atoms. The summed E-state index contributed by atoms with van der Waals surface area (Å²) in [6.07, 6.45) is 22.6. The number of aromatic nitrogens is 5.